The lowest BCUT2D eigenvalue weighted by Crippen LogP contribution is -2.36. The molecule has 0 aromatic carbocycles. The van der Waals surface area contributed by atoms with Crippen molar-refractivity contribution >= 4 is 28.8 Å². The first-order valence-electron chi connectivity index (χ1n) is 6.05. The van der Waals surface area contributed by atoms with Crippen LogP contribution in [0.1, 0.15) is 23.0 Å². The molecule has 20 heavy (non-hydrogen) atoms. The minimum Gasteiger partial charge on any atom is -0.505 e. The van der Waals surface area contributed by atoms with Gasteiger partial charge in [-0.1, -0.05) is 11.6 Å². The maximum atomic E-state index is 13.9. The lowest BCUT2D eigenvalue weighted by atomic mass is 9.98. The molecular formula is C14H11ClFNO2S. The summed E-state index contributed by atoms with van der Waals surface area (Å²) in [4.78, 5) is 14.6. The Labute approximate surface area is 124 Å². The number of carbonyl (C=O) groups is 1. The summed E-state index contributed by atoms with van der Waals surface area (Å²) in [6.07, 6.45) is 3.40. The number of aliphatic hydroxyl groups excluding tert-OH is 1. The minimum absolute atomic E-state index is 0.196. The average Bonchev–Trinajstić information content (AvgIpc) is 2.97. The molecule has 1 aromatic heterocycles. The lowest BCUT2D eigenvalue weighted by molar-refractivity contribution is 0.0784. The van der Waals surface area contributed by atoms with E-state index in [9.17, 15) is 14.3 Å². The van der Waals surface area contributed by atoms with E-state index in [1.54, 1.807) is 30.0 Å². The van der Waals surface area contributed by atoms with Crippen molar-refractivity contribution in [2.24, 2.45) is 0 Å². The highest BCUT2D eigenvalue weighted by atomic mass is 35.5. The summed E-state index contributed by atoms with van der Waals surface area (Å²) in [5.74, 6) is -1.20. The Morgan fingerprint density at radius 3 is 2.95 bits per heavy atom. The van der Waals surface area contributed by atoms with Crippen LogP contribution in [0.15, 0.2) is 47.1 Å². The zero-order valence-corrected chi connectivity index (χ0v) is 12.1. The predicted molar refractivity (Wildman–Crippen MR) is 76.5 cm³/mol. The Morgan fingerprint density at radius 1 is 1.55 bits per heavy atom. The van der Waals surface area contributed by atoms with Gasteiger partial charge in [-0.3, -0.25) is 4.79 Å². The third-order valence-corrected chi connectivity index (χ3v) is 4.65. The topological polar surface area (TPSA) is 40.5 Å². The number of carbonyl (C=O) groups excluding carboxylic acids is 1. The van der Waals surface area contributed by atoms with Gasteiger partial charge in [-0.2, -0.15) is 0 Å². The van der Waals surface area contributed by atoms with Crippen LogP contribution in [0.4, 0.5) is 4.39 Å². The van der Waals surface area contributed by atoms with Crippen molar-refractivity contribution in [2.75, 3.05) is 0 Å². The normalized spacial score (nSPS) is 21.8. The van der Waals surface area contributed by atoms with Gasteiger partial charge in [0.2, 0.25) is 0 Å². The first-order valence-corrected chi connectivity index (χ1v) is 7.25. The molecule has 3 nitrogen and oxygen atoms in total. The molecule has 0 fully saturated rings. The summed E-state index contributed by atoms with van der Waals surface area (Å²) >= 11 is 7.05. The van der Waals surface area contributed by atoms with E-state index in [1.165, 1.54) is 17.4 Å². The molecule has 1 amide bonds. The van der Waals surface area contributed by atoms with E-state index in [1.807, 2.05) is 0 Å². The molecule has 0 bridgehead atoms. The molecule has 0 saturated heterocycles. The van der Waals surface area contributed by atoms with Crippen LogP contribution in [-0.4, -0.2) is 22.0 Å². The molecule has 0 saturated carbocycles. The zero-order valence-electron chi connectivity index (χ0n) is 10.6. The van der Waals surface area contributed by atoms with E-state index >= 15 is 0 Å². The van der Waals surface area contributed by atoms with Crippen LogP contribution in [0.25, 0.3) is 0 Å². The molecule has 1 aliphatic heterocycles. The molecule has 1 aliphatic carbocycles. The van der Waals surface area contributed by atoms with Crippen LogP contribution in [0.5, 0.6) is 0 Å². The highest BCUT2D eigenvalue weighted by Gasteiger charge is 2.37. The first-order chi connectivity index (χ1) is 9.49. The van der Waals surface area contributed by atoms with Crippen molar-refractivity contribution in [3.05, 3.63) is 56.4 Å². The number of thiophene rings is 1. The Morgan fingerprint density at radius 2 is 2.30 bits per heavy atom. The largest absolute Gasteiger partial charge is 0.505 e. The molecule has 2 heterocycles. The van der Waals surface area contributed by atoms with Crippen LogP contribution < -0.4 is 0 Å². The summed E-state index contributed by atoms with van der Waals surface area (Å²) in [5.41, 5.74) is 1.02. The highest BCUT2D eigenvalue weighted by molar-refractivity contribution is 7.18. The zero-order chi connectivity index (χ0) is 14.4. The molecule has 2 aliphatic rings. The fourth-order valence-electron chi connectivity index (χ4n) is 2.53. The van der Waals surface area contributed by atoms with Crippen molar-refractivity contribution in [1.29, 1.82) is 0 Å². The second kappa shape index (κ2) is 4.75. The van der Waals surface area contributed by atoms with Gasteiger partial charge in [-0.25, -0.2) is 4.39 Å². The van der Waals surface area contributed by atoms with Crippen molar-refractivity contribution in [3.63, 3.8) is 0 Å². The van der Waals surface area contributed by atoms with Crippen molar-refractivity contribution < 1.29 is 14.3 Å². The van der Waals surface area contributed by atoms with Crippen LogP contribution in [0.2, 0.25) is 4.34 Å². The minimum atomic E-state index is -0.653. The van der Waals surface area contributed by atoms with Gasteiger partial charge in [-0.15, -0.1) is 11.3 Å². The molecule has 0 radical (unpaired) electrons. The van der Waals surface area contributed by atoms with Gasteiger partial charge < -0.3 is 10.0 Å². The molecule has 104 valence electrons. The van der Waals surface area contributed by atoms with Gasteiger partial charge in [-0.05, 0) is 37.6 Å². The van der Waals surface area contributed by atoms with E-state index in [0.29, 0.717) is 26.9 Å². The SMILES string of the molecule is CC1=CC2=C(F)C(O)=CCC2N1C(=O)c1ccc(Cl)s1. The third kappa shape index (κ3) is 1.98. The van der Waals surface area contributed by atoms with Gasteiger partial charge in [0.25, 0.3) is 5.91 Å². The number of aliphatic hydroxyl groups is 1. The van der Waals surface area contributed by atoms with E-state index in [4.69, 9.17) is 11.6 Å². The average molecular weight is 312 g/mol. The fourth-order valence-corrected chi connectivity index (χ4v) is 3.51. The molecule has 1 unspecified atom stereocenters. The van der Waals surface area contributed by atoms with Crippen LogP contribution >= 0.6 is 22.9 Å². The Kier molecular flexibility index (Phi) is 3.18. The van der Waals surface area contributed by atoms with Gasteiger partial charge >= 0.3 is 0 Å². The molecule has 0 spiro atoms. The number of hydrogen-bond donors (Lipinski definition) is 1. The number of hydrogen-bond acceptors (Lipinski definition) is 3. The molecule has 6 heteroatoms. The van der Waals surface area contributed by atoms with Gasteiger partial charge in [0.05, 0.1) is 15.3 Å². The fraction of sp³-hybridized carbons (Fsp3) is 0.214. The van der Waals surface area contributed by atoms with E-state index in [-0.39, 0.29) is 17.7 Å². The Hall–Kier alpha value is -1.59. The molecular weight excluding hydrogens is 301 g/mol. The van der Waals surface area contributed by atoms with Crippen molar-refractivity contribution in [3.8, 4) is 0 Å². The molecule has 3 rings (SSSR count). The van der Waals surface area contributed by atoms with Crippen LogP contribution in [0.3, 0.4) is 0 Å². The maximum Gasteiger partial charge on any atom is 0.268 e. The van der Waals surface area contributed by atoms with Crippen molar-refractivity contribution in [1.82, 2.24) is 4.90 Å². The van der Waals surface area contributed by atoms with Crippen molar-refractivity contribution in [2.45, 2.75) is 19.4 Å². The Balaban J connectivity index is 1.97. The third-order valence-electron chi connectivity index (χ3n) is 3.43. The van der Waals surface area contributed by atoms with Gasteiger partial charge in [0.1, 0.15) is 5.76 Å². The smallest absolute Gasteiger partial charge is 0.268 e. The molecule has 1 aromatic rings. The lowest BCUT2D eigenvalue weighted by Gasteiger charge is -2.28. The van der Waals surface area contributed by atoms with Crippen LogP contribution in [-0.2, 0) is 0 Å². The summed E-state index contributed by atoms with van der Waals surface area (Å²) in [6.45, 7) is 1.75. The number of rotatable bonds is 1. The highest BCUT2D eigenvalue weighted by Crippen LogP contribution is 2.38. The van der Waals surface area contributed by atoms with E-state index in [2.05, 4.69) is 0 Å². The second-order valence-electron chi connectivity index (χ2n) is 4.67. The van der Waals surface area contributed by atoms with Crippen LogP contribution in [0, 0.1) is 0 Å². The number of allylic oxidation sites excluding steroid dienone is 2. The maximum absolute atomic E-state index is 13.9. The Bertz CT molecular complexity index is 689. The summed E-state index contributed by atoms with van der Waals surface area (Å²) in [5, 5.41) is 9.44. The number of halogens is 2. The predicted octanol–water partition coefficient (Wildman–Crippen LogP) is 4.20. The molecule has 1 N–H and O–H groups in total. The van der Waals surface area contributed by atoms with E-state index in [0.717, 1.165) is 0 Å². The van der Waals surface area contributed by atoms with Gasteiger partial charge in [0.15, 0.2) is 5.83 Å². The van der Waals surface area contributed by atoms with Gasteiger partial charge in [0, 0.05) is 11.3 Å². The monoisotopic (exact) mass is 311 g/mol. The number of amides is 1. The second-order valence-corrected chi connectivity index (χ2v) is 6.39. The first kappa shape index (κ1) is 13.4. The number of fused-ring (bicyclic) bond motifs is 1. The standard InChI is InChI=1S/C14H11ClFNO2S/c1-7-6-8-9(2-3-10(18)13(8)16)17(7)14(19)11-4-5-12(15)20-11/h3-6,9,18H,2H2,1H3. The molecule has 1 atom stereocenters. The quantitative estimate of drug-likeness (QED) is 0.844. The van der Waals surface area contributed by atoms with E-state index < -0.39 is 5.83 Å². The summed E-state index contributed by atoms with van der Waals surface area (Å²) in [6, 6.07) is 2.94. The summed E-state index contributed by atoms with van der Waals surface area (Å²) < 4.78 is 14.4. The number of nitrogens with zero attached hydrogens (tertiary/aromatic N) is 1. The summed E-state index contributed by atoms with van der Waals surface area (Å²) in [7, 11) is 0.